The van der Waals surface area contributed by atoms with Crippen LogP contribution in [0, 0.1) is 0 Å². The number of nitrogens with zero attached hydrogens (tertiary/aromatic N) is 2. The third-order valence-corrected chi connectivity index (χ3v) is 9.38. The Labute approximate surface area is 209 Å². The smallest absolute Gasteiger partial charge is 0.268 e. The maximum atomic E-state index is 13.5. The molecular weight excluding hydrogens is 480 g/mol. The van der Waals surface area contributed by atoms with E-state index < -0.39 is 10.0 Å². The first-order valence-corrected chi connectivity index (χ1v) is 13.7. The van der Waals surface area contributed by atoms with Gasteiger partial charge in [0.25, 0.3) is 15.9 Å². The average Bonchev–Trinajstić information content (AvgIpc) is 3.44. The lowest BCUT2D eigenvalue weighted by atomic mass is 10.1. The normalized spacial score (nSPS) is 15.3. The number of benzene rings is 3. The van der Waals surface area contributed by atoms with Crippen molar-refractivity contribution in [2.24, 2.45) is 0 Å². The summed E-state index contributed by atoms with van der Waals surface area (Å²) in [7, 11) is -2.21. The zero-order valence-electron chi connectivity index (χ0n) is 19.8. The zero-order chi connectivity index (χ0) is 24.7. The summed E-state index contributed by atoms with van der Waals surface area (Å²) in [5, 5.41) is 0.847. The van der Waals surface area contributed by atoms with E-state index in [1.165, 1.54) is 21.2 Å². The van der Waals surface area contributed by atoms with Crippen LogP contribution in [0.1, 0.15) is 29.1 Å². The van der Waals surface area contributed by atoms with Gasteiger partial charge in [0, 0.05) is 23.0 Å². The van der Waals surface area contributed by atoms with Crippen LogP contribution < -0.4 is 13.9 Å². The summed E-state index contributed by atoms with van der Waals surface area (Å²) >= 11 is 1.43. The molecule has 0 aliphatic carbocycles. The maximum absolute atomic E-state index is 13.5. The number of hydrogen-bond donors (Lipinski definition) is 0. The molecule has 6 nitrogen and oxygen atoms in total. The Morgan fingerprint density at radius 2 is 1.83 bits per heavy atom. The molecule has 0 radical (unpaired) electrons. The molecule has 1 atom stereocenters. The summed E-state index contributed by atoms with van der Waals surface area (Å²) in [5.74, 6) is 0.572. The van der Waals surface area contributed by atoms with Gasteiger partial charge in [-0.15, -0.1) is 11.3 Å². The van der Waals surface area contributed by atoms with Crippen LogP contribution in [0.25, 0.3) is 10.1 Å². The highest BCUT2D eigenvalue weighted by molar-refractivity contribution is 7.92. The summed E-state index contributed by atoms with van der Waals surface area (Å²) in [5.41, 5.74) is 2.71. The van der Waals surface area contributed by atoms with Crippen LogP contribution in [0.4, 0.5) is 11.4 Å². The molecule has 1 aromatic heterocycles. The molecule has 2 heterocycles. The second kappa shape index (κ2) is 9.02. The summed E-state index contributed by atoms with van der Waals surface area (Å²) in [6, 6.07) is 21.9. The quantitative estimate of drug-likeness (QED) is 0.336. The number of anilines is 2. The van der Waals surface area contributed by atoms with Crippen LogP contribution >= 0.6 is 11.3 Å². The van der Waals surface area contributed by atoms with E-state index in [1.807, 2.05) is 41.3 Å². The lowest BCUT2D eigenvalue weighted by Gasteiger charge is -2.23. The third kappa shape index (κ3) is 4.06. The highest BCUT2D eigenvalue weighted by atomic mass is 32.2. The van der Waals surface area contributed by atoms with Crippen molar-refractivity contribution in [3.63, 3.8) is 0 Å². The van der Waals surface area contributed by atoms with Gasteiger partial charge in [0.15, 0.2) is 0 Å². The van der Waals surface area contributed by atoms with Crippen molar-refractivity contribution in [2.45, 2.75) is 31.2 Å². The van der Waals surface area contributed by atoms with Gasteiger partial charge < -0.3 is 9.64 Å². The molecule has 3 aromatic carbocycles. The number of para-hydroxylation sites is 1. The zero-order valence-corrected chi connectivity index (χ0v) is 21.4. The summed E-state index contributed by atoms with van der Waals surface area (Å²) in [6.45, 7) is 4.14. The van der Waals surface area contributed by atoms with E-state index in [0.29, 0.717) is 16.3 Å². The SMILES string of the molecule is CCN(c1ccc2sc(C(=O)N3c4ccccc4C[C@@H]3C)cc2c1)S(=O)(=O)c1ccc(OC)cc1. The molecule has 1 amide bonds. The second-order valence-corrected chi connectivity index (χ2v) is 11.5. The fraction of sp³-hybridized carbons (Fsp3) is 0.222. The number of fused-ring (bicyclic) bond motifs is 2. The predicted octanol–water partition coefficient (Wildman–Crippen LogP) is 5.72. The molecule has 35 heavy (non-hydrogen) atoms. The number of ether oxygens (including phenoxy) is 1. The molecule has 0 bridgehead atoms. The monoisotopic (exact) mass is 506 g/mol. The molecule has 0 saturated heterocycles. The number of methoxy groups -OCH3 is 1. The third-order valence-electron chi connectivity index (χ3n) is 6.36. The Kier molecular flexibility index (Phi) is 6.02. The number of carbonyl (C=O) groups is 1. The van der Waals surface area contributed by atoms with Crippen LogP contribution in [-0.4, -0.2) is 34.0 Å². The predicted molar refractivity (Wildman–Crippen MR) is 141 cm³/mol. The Balaban J connectivity index is 1.48. The number of rotatable bonds is 6. The fourth-order valence-electron chi connectivity index (χ4n) is 4.65. The molecule has 8 heteroatoms. The van der Waals surface area contributed by atoms with Crippen molar-refractivity contribution >= 4 is 48.7 Å². The van der Waals surface area contributed by atoms with E-state index in [-0.39, 0.29) is 23.4 Å². The number of sulfonamides is 1. The van der Waals surface area contributed by atoms with E-state index in [1.54, 1.807) is 44.4 Å². The molecule has 1 aliphatic rings. The first-order valence-electron chi connectivity index (χ1n) is 11.5. The van der Waals surface area contributed by atoms with Crippen LogP contribution in [0.3, 0.4) is 0 Å². The van der Waals surface area contributed by atoms with Gasteiger partial charge in [0.05, 0.1) is 22.6 Å². The number of amides is 1. The van der Waals surface area contributed by atoms with Gasteiger partial charge >= 0.3 is 0 Å². The molecule has 0 N–H and O–H groups in total. The molecule has 5 rings (SSSR count). The maximum Gasteiger partial charge on any atom is 0.268 e. The van der Waals surface area contributed by atoms with Crippen molar-refractivity contribution in [3.05, 3.63) is 83.2 Å². The van der Waals surface area contributed by atoms with Crippen molar-refractivity contribution in [1.82, 2.24) is 0 Å². The standard InChI is InChI=1S/C27H26N2O4S2/c1-4-28(35(31,32)23-12-10-22(33-3)11-13-23)21-9-14-25-20(16-21)17-26(34-25)27(30)29-18(2)15-19-7-5-6-8-24(19)29/h5-14,16-18H,4,15H2,1-3H3/t18-/m0/s1. The van der Waals surface area contributed by atoms with Crippen molar-refractivity contribution < 1.29 is 17.9 Å². The van der Waals surface area contributed by atoms with Gasteiger partial charge in [-0.2, -0.15) is 0 Å². The van der Waals surface area contributed by atoms with Gasteiger partial charge in [0.1, 0.15) is 5.75 Å². The number of thiophene rings is 1. The van der Waals surface area contributed by atoms with Gasteiger partial charge in [-0.1, -0.05) is 18.2 Å². The number of hydrogen-bond acceptors (Lipinski definition) is 5. The van der Waals surface area contributed by atoms with E-state index in [9.17, 15) is 13.2 Å². The summed E-state index contributed by atoms with van der Waals surface area (Å²) in [4.78, 5) is 16.2. The Hall–Kier alpha value is -3.36. The Morgan fingerprint density at radius 3 is 2.54 bits per heavy atom. The minimum atomic E-state index is -3.76. The molecule has 4 aromatic rings. The molecule has 0 fully saturated rings. The van der Waals surface area contributed by atoms with E-state index in [4.69, 9.17) is 4.74 Å². The van der Waals surface area contributed by atoms with Crippen LogP contribution in [0.5, 0.6) is 5.75 Å². The molecular formula is C27H26N2O4S2. The molecule has 1 aliphatic heterocycles. The second-order valence-electron chi connectivity index (χ2n) is 8.54. The fourth-order valence-corrected chi connectivity index (χ4v) is 7.10. The number of carbonyl (C=O) groups excluding carboxylic acids is 1. The van der Waals surface area contributed by atoms with E-state index in [2.05, 4.69) is 13.0 Å². The summed E-state index contributed by atoms with van der Waals surface area (Å²) < 4.78 is 34.2. The Bertz CT molecular complexity index is 1510. The lowest BCUT2D eigenvalue weighted by molar-refractivity contribution is 0.0985. The van der Waals surface area contributed by atoms with Gasteiger partial charge in [-0.25, -0.2) is 8.42 Å². The molecule has 0 spiro atoms. The van der Waals surface area contributed by atoms with Gasteiger partial charge in [-0.3, -0.25) is 9.10 Å². The van der Waals surface area contributed by atoms with E-state index >= 15 is 0 Å². The van der Waals surface area contributed by atoms with Gasteiger partial charge in [-0.05, 0) is 85.8 Å². The van der Waals surface area contributed by atoms with Crippen molar-refractivity contribution in [1.29, 1.82) is 0 Å². The lowest BCUT2D eigenvalue weighted by Crippen LogP contribution is -2.35. The Morgan fingerprint density at radius 1 is 1.09 bits per heavy atom. The minimum Gasteiger partial charge on any atom is -0.497 e. The largest absolute Gasteiger partial charge is 0.497 e. The van der Waals surface area contributed by atoms with Crippen LogP contribution in [0.2, 0.25) is 0 Å². The van der Waals surface area contributed by atoms with Crippen molar-refractivity contribution in [3.8, 4) is 5.75 Å². The van der Waals surface area contributed by atoms with Crippen LogP contribution in [-0.2, 0) is 16.4 Å². The van der Waals surface area contributed by atoms with Gasteiger partial charge in [0.2, 0.25) is 0 Å². The summed E-state index contributed by atoms with van der Waals surface area (Å²) in [6.07, 6.45) is 0.839. The van der Waals surface area contributed by atoms with Crippen LogP contribution in [0.15, 0.2) is 77.7 Å². The van der Waals surface area contributed by atoms with Crippen molar-refractivity contribution in [2.75, 3.05) is 22.9 Å². The first kappa shape index (κ1) is 23.4. The molecule has 0 unspecified atom stereocenters. The topological polar surface area (TPSA) is 66.9 Å². The molecule has 0 saturated carbocycles. The average molecular weight is 507 g/mol. The highest BCUT2D eigenvalue weighted by Gasteiger charge is 2.32. The highest BCUT2D eigenvalue weighted by Crippen LogP contribution is 2.37. The minimum absolute atomic E-state index is 0.0246. The van der Waals surface area contributed by atoms with E-state index in [0.717, 1.165) is 22.2 Å². The first-order chi connectivity index (χ1) is 16.8. The molecule has 180 valence electrons.